The fraction of sp³-hybridized carbons (Fsp3) is 0.566. The average molecular weight is 948 g/mol. The van der Waals surface area contributed by atoms with E-state index in [1.165, 1.54) is 17.5 Å². The van der Waals surface area contributed by atoms with Crippen molar-refractivity contribution in [3.8, 4) is 16.9 Å². The number of hydrogen-bond acceptors (Lipinski definition) is 10. The quantitative estimate of drug-likeness (QED) is 0.0782. The van der Waals surface area contributed by atoms with Gasteiger partial charge in [-0.25, -0.2) is 0 Å². The summed E-state index contributed by atoms with van der Waals surface area (Å²) in [7, 11) is 2.40. The van der Waals surface area contributed by atoms with E-state index in [9.17, 15) is 24.0 Å². The van der Waals surface area contributed by atoms with Crippen LogP contribution in [0.5, 0.6) is 5.75 Å². The second-order valence-electron chi connectivity index (χ2n) is 20.5. The number of aryl methyl sites for hydroxylation is 2. The van der Waals surface area contributed by atoms with Crippen LogP contribution in [-0.4, -0.2) is 98.2 Å². The zero-order valence-electron chi connectivity index (χ0n) is 41.6. The Morgan fingerprint density at radius 3 is 2.30 bits per heavy atom. The fourth-order valence-electron chi connectivity index (χ4n) is 11.1. The van der Waals surface area contributed by atoms with Crippen LogP contribution in [0.4, 0.5) is 0 Å². The van der Waals surface area contributed by atoms with E-state index in [4.69, 9.17) is 25.5 Å². The molecule has 3 aliphatic carbocycles. The molecule has 15 nitrogen and oxygen atoms in total. The number of amides is 5. The van der Waals surface area contributed by atoms with Gasteiger partial charge >= 0.3 is 7.12 Å². The molecule has 69 heavy (non-hydrogen) atoms. The van der Waals surface area contributed by atoms with Gasteiger partial charge in [0.2, 0.25) is 17.7 Å². The molecule has 5 amide bonds. The summed E-state index contributed by atoms with van der Waals surface area (Å²) in [6.07, 6.45) is 7.06. The van der Waals surface area contributed by atoms with Crippen molar-refractivity contribution in [2.45, 2.75) is 154 Å². The fourth-order valence-corrected chi connectivity index (χ4v) is 11.1. The van der Waals surface area contributed by atoms with E-state index < -0.39 is 72.5 Å². The van der Waals surface area contributed by atoms with Crippen LogP contribution in [0.15, 0.2) is 66.7 Å². The molecule has 2 aliphatic heterocycles. The third-order valence-electron chi connectivity index (χ3n) is 15.6. The lowest BCUT2D eigenvalue weighted by atomic mass is 9.43. The number of carbonyl (C=O) groups excluding carboxylic acids is 5. The molecule has 8 rings (SSSR count). The summed E-state index contributed by atoms with van der Waals surface area (Å²) in [5, 5.41) is 11.4. The predicted octanol–water partition coefficient (Wildman–Crippen LogP) is 5.52. The van der Waals surface area contributed by atoms with Gasteiger partial charge in [-0.3, -0.25) is 24.0 Å². The Balaban J connectivity index is 1.06. The number of nitrogens with zero attached hydrogens (tertiary/aromatic N) is 1. The second kappa shape index (κ2) is 22.2. The van der Waals surface area contributed by atoms with E-state index in [0.717, 1.165) is 48.8 Å². The molecule has 9 atom stereocenters. The minimum absolute atomic E-state index is 0.0590. The number of benzene rings is 3. The Hall–Kier alpha value is -5.29. The highest BCUT2D eigenvalue weighted by molar-refractivity contribution is 6.47. The Bertz CT molecular complexity index is 2310. The van der Waals surface area contributed by atoms with Gasteiger partial charge in [0.15, 0.2) is 6.17 Å². The number of unbranched alkanes of at least 4 members (excludes halogenated alkanes) is 2. The van der Waals surface area contributed by atoms with E-state index in [2.05, 4.69) is 73.2 Å². The Morgan fingerprint density at radius 1 is 0.928 bits per heavy atom. The smallest absolute Gasteiger partial charge is 0.481 e. The van der Waals surface area contributed by atoms with Crippen molar-refractivity contribution in [3.05, 3.63) is 89.0 Å². The molecule has 5 aliphatic rings. The highest BCUT2D eigenvalue weighted by atomic mass is 16.7. The van der Waals surface area contributed by atoms with Crippen molar-refractivity contribution in [2.75, 3.05) is 20.7 Å². The highest BCUT2D eigenvalue weighted by Gasteiger charge is 2.68. The number of methoxy groups -OCH3 is 1. The van der Waals surface area contributed by atoms with Crippen LogP contribution in [0.3, 0.4) is 0 Å². The molecule has 3 aromatic rings. The zero-order valence-corrected chi connectivity index (χ0v) is 41.6. The molecule has 0 radical (unpaired) electrons. The first-order chi connectivity index (χ1) is 33.0. The maximum absolute atomic E-state index is 14.7. The molecule has 1 saturated heterocycles. The summed E-state index contributed by atoms with van der Waals surface area (Å²) in [5.74, 6) is -1.88. The van der Waals surface area contributed by atoms with Gasteiger partial charge in [-0.15, -0.1) is 0 Å². The number of fused-ring (bicyclic) bond motifs is 2. The monoisotopic (exact) mass is 948 g/mol. The largest absolute Gasteiger partial charge is 0.496 e. The van der Waals surface area contributed by atoms with Gasteiger partial charge in [0.25, 0.3) is 11.8 Å². The Labute approximate surface area is 408 Å². The highest BCUT2D eigenvalue weighted by Crippen LogP contribution is 2.65. The Morgan fingerprint density at radius 2 is 1.64 bits per heavy atom. The summed E-state index contributed by atoms with van der Waals surface area (Å²) in [6.45, 7) is 11.1. The van der Waals surface area contributed by atoms with Crippen molar-refractivity contribution >= 4 is 36.7 Å². The molecule has 4 fully saturated rings. The van der Waals surface area contributed by atoms with Gasteiger partial charge in [0.05, 0.1) is 24.8 Å². The SMILES string of the molecule is CCCCc1ccc(-c2ccc(C(=O)N[C@@H](CCCCN)C(=O)N(C)[C@@H]3C(=O)N[C@@H](N)C(=O)N[C@H](C(=O)N[C@@H](C)B4O[C@@H]5C[C@@H]6C[C@@H](C6(C)C)[C@]5(C)O4)CCCCc4cc3ccc4OC)cc2)cc1. The Kier molecular flexibility index (Phi) is 16.6. The number of hydrogen-bond donors (Lipinski definition) is 6. The molecule has 0 aromatic heterocycles. The first kappa shape index (κ1) is 51.6. The number of rotatable bonds is 16. The van der Waals surface area contributed by atoms with Crippen LogP contribution < -0.4 is 37.5 Å². The number of nitrogens with one attached hydrogen (secondary N) is 4. The molecule has 0 unspecified atom stereocenters. The minimum Gasteiger partial charge on any atom is -0.496 e. The molecule has 372 valence electrons. The lowest BCUT2D eigenvalue weighted by Crippen LogP contribution is -2.65. The van der Waals surface area contributed by atoms with Gasteiger partial charge in [-0.2, -0.15) is 0 Å². The van der Waals surface area contributed by atoms with Gasteiger partial charge in [0.1, 0.15) is 23.9 Å². The lowest BCUT2D eigenvalue weighted by molar-refractivity contribution is -0.199. The molecule has 0 spiro atoms. The number of nitrogens with two attached hydrogens (primary N) is 2. The number of likely N-dealkylation sites (N-methyl/N-ethyl adjacent to an activating group) is 1. The maximum Gasteiger partial charge on any atom is 0.481 e. The van der Waals surface area contributed by atoms with Crippen molar-refractivity contribution in [1.82, 2.24) is 26.2 Å². The molecule has 8 N–H and O–H groups in total. The average Bonchev–Trinajstić information content (AvgIpc) is 3.71. The van der Waals surface area contributed by atoms with Crippen LogP contribution in [0, 0.1) is 17.3 Å². The third-order valence-corrected chi connectivity index (χ3v) is 15.6. The van der Waals surface area contributed by atoms with Crippen molar-refractivity contribution in [3.63, 3.8) is 0 Å². The molecule has 3 saturated carbocycles. The topological polar surface area (TPSA) is 216 Å². The summed E-state index contributed by atoms with van der Waals surface area (Å²) in [5.41, 5.74) is 16.9. The van der Waals surface area contributed by atoms with E-state index in [1.54, 1.807) is 31.4 Å². The normalized spacial score (nSPS) is 26.2. The molecule has 2 heterocycles. The van der Waals surface area contributed by atoms with E-state index >= 15 is 0 Å². The van der Waals surface area contributed by atoms with E-state index in [1.807, 2.05) is 25.1 Å². The lowest BCUT2D eigenvalue weighted by Gasteiger charge is -2.64. The van der Waals surface area contributed by atoms with E-state index in [-0.39, 0.29) is 17.9 Å². The first-order valence-electron chi connectivity index (χ1n) is 25.1. The molecule has 3 aromatic carbocycles. The standard InChI is InChI=1S/C53H74BN7O8/c1-8-9-14-33-18-20-34(21-19-33)35-22-24-36(25-23-35)47(62)59-41(17-12-13-28-55)51(66)61(6)45-38-26-27-42(67-7)37(29-38)15-10-11-16-40(58-50(65)46(56)60-49(45)64)48(63)57-32(2)54-68-44-31-39-30-43(52(39,3)4)53(44,5)69-54/h18-27,29,32,39-41,43-46H,8-17,28,30-31,55-56H2,1-7H3,(H,57,63)(H,58,65)(H,59,62)(H,60,64)/t32-,39-,40-,41-,43-,44+,45-,46+,53-/m0/s1. The van der Waals surface area contributed by atoms with Crippen molar-refractivity contribution in [1.29, 1.82) is 0 Å². The molecular formula is C53H74BN7O8. The number of ether oxygens (including phenoxy) is 1. The van der Waals surface area contributed by atoms with Crippen molar-refractivity contribution < 1.29 is 38.0 Å². The third kappa shape index (κ3) is 11.4. The molecule has 4 bridgehead atoms. The van der Waals surface area contributed by atoms with Crippen LogP contribution in [0.2, 0.25) is 0 Å². The van der Waals surface area contributed by atoms with Crippen LogP contribution in [0.1, 0.15) is 132 Å². The predicted molar refractivity (Wildman–Crippen MR) is 266 cm³/mol. The molecular weight excluding hydrogens is 873 g/mol. The van der Waals surface area contributed by atoms with Gasteiger partial charge in [0, 0.05) is 12.6 Å². The van der Waals surface area contributed by atoms with Gasteiger partial charge in [-0.05, 0) is 154 Å². The molecule has 16 heteroatoms. The van der Waals surface area contributed by atoms with Crippen LogP contribution in [-0.2, 0) is 41.3 Å². The summed E-state index contributed by atoms with van der Waals surface area (Å²) in [4.78, 5) is 72.1. The minimum atomic E-state index is -1.58. The first-order valence-corrected chi connectivity index (χ1v) is 25.1. The maximum atomic E-state index is 14.7. The van der Waals surface area contributed by atoms with Crippen LogP contribution in [0.25, 0.3) is 11.1 Å². The second-order valence-corrected chi connectivity index (χ2v) is 20.5. The van der Waals surface area contributed by atoms with Crippen molar-refractivity contribution in [2.24, 2.45) is 28.7 Å². The number of carbonyl (C=O) groups is 5. The summed E-state index contributed by atoms with van der Waals surface area (Å²) in [6, 6.07) is 17.7. The summed E-state index contributed by atoms with van der Waals surface area (Å²) < 4.78 is 18.8. The van der Waals surface area contributed by atoms with Gasteiger partial charge < -0.3 is 51.7 Å². The van der Waals surface area contributed by atoms with Gasteiger partial charge in [-0.1, -0.05) is 76.1 Å². The zero-order chi connectivity index (χ0) is 49.6. The van der Waals surface area contributed by atoms with E-state index in [0.29, 0.717) is 73.8 Å². The van der Waals surface area contributed by atoms with Crippen LogP contribution >= 0.6 is 0 Å². The summed E-state index contributed by atoms with van der Waals surface area (Å²) >= 11 is 0.